The standard InChI is InChI=1S/C17H21N3O/c1-3-12-8-16(13-6-4-5-7-15(13)19-12)20-9-11(2)14(10-20)17(18)21/h4-8,11,14H,3,9-10H2,1-2H3,(H2,18,21)/t11-,14-/m1/s1. The summed E-state index contributed by atoms with van der Waals surface area (Å²) in [5, 5.41) is 1.15. The van der Waals surface area contributed by atoms with Gasteiger partial charge in [0.25, 0.3) is 0 Å². The molecule has 1 saturated heterocycles. The lowest BCUT2D eigenvalue weighted by Gasteiger charge is -2.21. The van der Waals surface area contributed by atoms with E-state index in [1.54, 1.807) is 0 Å². The Hall–Kier alpha value is -2.10. The Labute approximate surface area is 125 Å². The molecule has 0 spiro atoms. The van der Waals surface area contributed by atoms with Crippen LogP contribution in [0.25, 0.3) is 10.9 Å². The molecule has 2 atom stereocenters. The Kier molecular flexibility index (Phi) is 3.53. The van der Waals surface area contributed by atoms with Crippen molar-refractivity contribution < 1.29 is 4.79 Å². The normalized spacial score (nSPS) is 21.9. The number of pyridine rings is 1. The van der Waals surface area contributed by atoms with E-state index in [9.17, 15) is 4.79 Å². The van der Waals surface area contributed by atoms with Gasteiger partial charge in [-0.05, 0) is 24.5 Å². The summed E-state index contributed by atoms with van der Waals surface area (Å²) in [5.74, 6) is 0.0283. The van der Waals surface area contributed by atoms with Gasteiger partial charge in [-0.3, -0.25) is 9.78 Å². The predicted octanol–water partition coefficient (Wildman–Crippen LogP) is 2.35. The van der Waals surface area contributed by atoms with Crippen LogP contribution < -0.4 is 10.6 Å². The second-order valence-electron chi connectivity index (χ2n) is 5.89. The molecule has 0 unspecified atom stereocenters. The third kappa shape index (κ3) is 2.46. The SMILES string of the molecule is CCc1cc(N2C[C@@H](C)[C@H](C(N)=O)C2)c2ccccc2n1. The minimum absolute atomic E-state index is 0.0676. The Morgan fingerprint density at radius 1 is 1.38 bits per heavy atom. The van der Waals surface area contributed by atoms with E-state index >= 15 is 0 Å². The number of primary amides is 1. The number of rotatable bonds is 3. The van der Waals surface area contributed by atoms with Crippen molar-refractivity contribution in [3.8, 4) is 0 Å². The van der Waals surface area contributed by atoms with Crippen molar-refractivity contribution in [1.82, 2.24) is 4.98 Å². The largest absolute Gasteiger partial charge is 0.370 e. The van der Waals surface area contributed by atoms with Crippen LogP contribution in [0, 0.1) is 11.8 Å². The highest BCUT2D eigenvalue weighted by molar-refractivity contribution is 5.92. The van der Waals surface area contributed by atoms with Crippen LogP contribution in [0.1, 0.15) is 19.5 Å². The lowest BCUT2D eigenvalue weighted by atomic mass is 9.98. The van der Waals surface area contributed by atoms with Gasteiger partial charge < -0.3 is 10.6 Å². The van der Waals surface area contributed by atoms with Gasteiger partial charge in [-0.25, -0.2) is 0 Å². The molecular weight excluding hydrogens is 262 g/mol. The highest BCUT2D eigenvalue weighted by Crippen LogP contribution is 2.33. The van der Waals surface area contributed by atoms with Crippen LogP contribution in [0.15, 0.2) is 30.3 Å². The van der Waals surface area contributed by atoms with Crippen LogP contribution in [0.4, 0.5) is 5.69 Å². The molecule has 3 rings (SSSR count). The van der Waals surface area contributed by atoms with E-state index in [1.165, 1.54) is 5.69 Å². The second kappa shape index (κ2) is 5.35. The van der Waals surface area contributed by atoms with E-state index in [0.717, 1.165) is 29.6 Å². The molecule has 1 aromatic heterocycles. The number of aromatic nitrogens is 1. The van der Waals surface area contributed by atoms with Crippen molar-refractivity contribution in [3.63, 3.8) is 0 Å². The van der Waals surface area contributed by atoms with Crippen molar-refractivity contribution >= 4 is 22.5 Å². The highest BCUT2D eigenvalue weighted by Gasteiger charge is 2.34. The quantitative estimate of drug-likeness (QED) is 0.940. The van der Waals surface area contributed by atoms with Gasteiger partial charge in [-0.1, -0.05) is 32.0 Å². The number of hydrogen-bond acceptors (Lipinski definition) is 3. The lowest BCUT2D eigenvalue weighted by molar-refractivity contribution is -0.122. The smallest absolute Gasteiger partial charge is 0.222 e. The average molecular weight is 283 g/mol. The molecule has 0 bridgehead atoms. The van der Waals surface area contributed by atoms with Gasteiger partial charge >= 0.3 is 0 Å². The van der Waals surface area contributed by atoms with Crippen molar-refractivity contribution in [1.29, 1.82) is 0 Å². The highest BCUT2D eigenvalue weighted by atomic mass is 16.1. The fraction of sp³-hybridized carbons (Fsp3) is 0.412. The Bertz CT molecular complexity index is 683. The summed E-state index contributed by atoms with van der Waals surface area (Å²) in [6.45, 7) is 5.78. The van der Waals surface area contributed by atoms with E-state index in [0.29, 0.717) is 12.5 Å². The lowest BCUT2D eigenvalue weighted by Crippen LogP contribution is -2.29. The molecule has 0 saturated carbocycles. The number of nitrogens with two attached hydrogens (primary N) is 1. The van der Waals surface area contributed by atoms with Crippen LogP contribution in [-0.2, 0) is 11.2 Å². The summed E-state index contributed by atoms with van der Waals surface area (Å²) in [6, 6.07) is 10.3. The Morgan fingerprint density at radius 3 is 2.81 bits per heavy atom. The number of carbonyl (C=O) groups excluding carboxylic acids is 1. The molecular formula is C17H21N3O. The molecule has 1 aliphatic rings. The third-order valence-corrected chi connectivity index (χ3v) is 4.43. The van der Waals surface area contributed by atoms with Gasteiger partial charge in [0, 0.05) is 29.9 Å². The zero-order chi connectivity index (χ0) is 15.0. The molecule has 0 aliphatic carbocycles. The van der Waals surface area contributed by atoms with E-state index < -0.39 is 0 Å². The number of anilines is 1. The van der Waals surface area contributed by atoms with Crippen molar-refractivity contribution in [3.05, 3.63) is 36.0 Å². The molecule has 2 aromatic rings. The number of amides is 1. The van der Waals surface area contributed by atoms with Crippen LogP contribution in [0.3, 0.4) is 0 Å². The fourth-order valence-electron chi connectivity index (χ4n) is 3.19. The van der Waals surface area contributed by atoms with E-state index in [1.807, 2.05) is 18.2 Å². The number of benzene rings is 1. The molecule has 1 amide bonds. The fourth-order valence-corrected chi connectivity index (χ4v) is 3.19. The first-order valence-corrected chi connectivity index (χ1v) is 7.53. The first-order valence-electron chi connectivity index (χ1n) is 7.53. The summed E-state index contributed by atoms with van der Waals surface area (Å²) < 4.78 is 0. The van der Waals surface area contributed by atoms with Crippen molar-refractivity contribution in [2.45, 2.75) is 20.3 Å². The Morgan fingerprint density at radius 2 is 2.14 bits per heavy atom. The van der Waals surface area contributed by atoms with Crippen LogP contribution >= 0.6 is 0 Å². The van der Waals surface area contributed by atoms with Crippen LogP contribution in [0.5, 0.6) is 0 Å². The van der Waals surface area contributed by atoms with Gasteiger partial charge in [0.1, 0.15) is 0 Å². The molecule has 2 heterocycles. The molecule has 0 radical (unpaired) electrons. The molecule has 1 fully saturated rings. The zero-order valence-electron chi connectivity index (χ0n) is 12.5. The summed E-state index contributed by atoms with van der Waals surface area (Å²) >= 11 is 0. The average Bonchev–Trinajstić information content (AvgIpc) is 2.88. The zero-order valence-corrected chi connectivity index (χ0v) is 12.5. The summed E-state index contributed by atoms with van der Waals surface area (Å²) in [4.78, 5) is 18.5. The van der Waals surface area contributed by atoms with Crippen LogP contribution in [-0.4, -0.2) is 24.0 Å². The maximum Gasteiger partial charge on any atom is 0.222 e. The van der Waals surface area contributed by atoms with Crippen molar-refractivity contribution in [2.75, 3.05) is 18.0 Å². The molecule has 2 N–H and O–H groups in total. The van der Waals surface area contributed by atoms with Gasteiger partial charge in [0.2, 0.25) is 5.91 Å². The van der Waals surface area contributed by atoms with Gasteiger partial charge in [0.15, 0.2) is 0 Å². The first kappa shape index (κ1) is 13.9. The third-order valence-electron chi connectivity index (χ3n) is 4.43. The number of carbonyl (C=O) groups is 1. The number of fused-ring (bicyclic) bond motifs is 1. The maximum absolute atomic E-state index is 11.6. The monoisotopic (exact) mass is 283 g/mol. The second-order valence-corrected chi connectivity index (χ2v) is 5.89. The summed E-state index contributed by atoms with van der Waals surface area (Å²) in [7, 11) is 0. The molecule has 4 nitrogen and oxygen atoms in total. The number of aryl methyl sites for hydroxylation is 1. The van der Waals surface area contributed by atoms with Gasteiger partial charge in [0.05, 0.1) is 11.4 Å². The number of hydrogen-bond donors (Lipinski definition) is 1. The predicted molar refractivity (Wildman–Crippen MR) is 85.2 cm³/mol. The molecule has 1 aromatic carbocycles. The topological polar surface area (TPSA) is 59.2 Å². The van der Waals surface area contributed by atoms with E-state index in [2.05, 4.69) is 35.9 Å². The summed E-state index contributed by atoms with van der Waals surface area (Å²) in [6.07, 6.45) is 0.903. The van der Waals surface area contributed by atoms with Crippen molar-refractivity contribution in [2.24, 2.45) is 17.6 Å². The van der Waals surface area contributed by atoms with Gasteiger partial charge in [-0.2, -0.15) is 0 Å². The summed E-state index contributed by atoms with van der Waals surface area (Å²) in [5.41, 5.74) is 8.79. The number of nitrogens with zero attached hydrogens (tertiary/aromatic N) is 2. The molecule has 110 valence electrons. The minimum Gasteiger partial charge on any atom is -0.370 e. The maximum atomic E-state index is 11.6. The number of para-hydroxylation sites is 1. The molecule has 1 aliphatic heterocycles. The Balaban J connectivity index is 2.06. The van der Waals surface area contributed by atoms with E-state index in [-0.39, 0.29) is 11.8 Å². The van der Waals surface area contributed by atoms with Gasteiger partial charge in [-0.15, -0.1) is 0 Å². The first-order chi connectivity index (χ1) is 10.1. The molecule has 4 heteroatoms. The van der Waals surface area contributed by atoms with E-state index in [4.69, 9.17) is 5.73 Å². The molecule has 21 heavy (non-hydrogen) atoms. The van der Waals surface area contributed by atoms with Crippen LogP contribution in [0.2, 0.25) is 0 Å². The minimum atomic E-state index is -0.195.